The van der Waals surface area contributed by atoms with Crippen molar-refractivity contribution in [3.05, 3.63) is 23.2 Å². The molecule has 3 rings (SSSR count). The normalized spacial score (nSPS) is 22.7. The molecule has 1 aliphatic heterocycles. The molecular weight excluding hydrogens is 286 g/mol. The first-order valence-electron chi connectivity index (χ1n) is 7.17. The fourth-order valence-corrected chi connectivity index (χ4v) is 3.69. The number of nitrogen functional groups attached to an aromatic ring is 1. The summed E-state index contributed by atoms with van der Waals surface area (Å²) in [6.07, 6.45) is 2.66. The van der Waals surface area contributed by atoms with Crippen LogP contribution in [0.25, 0.3) is 10.2 Å². The van der Waals surface area contributed by atoms with Gasteiger partial charge in [-0.25, -0.2) is 4.98 Å². The highest BCUT2D eigenvalue weighted by molar-refractivity contribution is 7.21. The summed E-state index contributed by atoms with van der Waals surface area (Å²) in [4.78, 5) is 20.5. The van der Waals surface area contributed by atoms with Crippen molar-refractivity contribution in [3.8, 4) is 0 Å². The number of ether oxygens (including phenoxy) is 1. The van der Waals surface area contributed by atoms with E-state index in [0.29, 0.717) is 23.7 Å². The Balaban J connectivity index is 1.97. The van der Waals surface area contributed by atoms with E-state index in [1.54, 1.807) is 6.20 Å². The lowest BCUT2D eigenvalue weighted by molar-refractivity contribution is -0.0442. The third kappa shape index (κ3) is 2.49. The van der Waals surface area contributed by atoms with Gasteiger partial charge in [-0.05, 0) is 25.5 Å². The Labute approximate surface area is 127 Å². The number of rotatable bonds is 2. The lowest BCUT2D eigenvalue weighted by Crippen LogP contribution is -2.51. The zero-order valence-electron chi connectivity index (χ0n) is 12.2. The standard InChI is InChI=1S/C15H19N3O2S/c1-3-10-8-20-9(2)7-18(10)15(19)13-12(16)11-5-4-6-17-14(11)21-13/h4-6,9-10H,3,7-8,16H2,1-2H3. The Hall–Kier alpha value is -1.66. The minimum Gasteiger partial charge on any atom is -0.397 e. The van der Waals surface area contributed by atoms with Gasteiger partial charge in [-0.15, -0.1) is 11.3 Å². The molecule has 1 fully saturated rings. The number of carbonyl (C=O) groups excluding carboxylic acids is 1. The van der Waals surface area contributed by atoms with Gasteiger partial charge in [0.05, 0.1) is 24.4 Å². The van der Waals surface area contributed by atoms with Gasteiger partial charge in [0.1, 0.15) is 9.71 Å². The second kappa shape index (κ2) is 5.61. The Morgan fingerprint density at radius 1 is 1.62 bits per heavy atom. The summed E-state index contributed by atoms with van der Waals surface area (Å²) in [6.45, 7) is 5.26. The molecule has 2 N–H and O–H groups in total. The highest BCUT2D eigenvalue weighted by Crippen LogP contribution is 2.33. The first-order chi connectivity index (χ1) is 10.1. The number of amides is 1. The quantitative estimate of drug-likeness (QED) is 0.925. The summed E-state index contributed by atoms with van der Waals surface area (Å²) in [7, 11) is 0. The Kier molecular flexibility index (Phi) is 3.82. The predicted octanol–water partition coefficient (Wildman–Crippen LogP) is 2.52. The number of hydrogen-bond donors (Lipinski definition) is 1. The number of nitrogens with zero attached hydrogens (tertiary/aromatic N) is 2. The first-order valence-corrected chi connectivity index (χ1v) is 7.99. The van der Waals surface area contributed by atoms with Crippen molar-refractivity contribution >= 4 is 33.1 Å². The van der Waals surface area contributed by atoms with Crippen molar-refractivity contribution in [2.45, 2.75) is 32.4 Å². The second-order valence-corrected chi connectivity index (χ2v) is 6.36. The SMILES string of the molecule is CCC1COC(C)CN1C(=O)c1sc2ncccc2c1N. The molecule has 1 amide bonds. The molecule has 2 aromatic heterocycles. The minimum absolute atomic E-state index is 0.00231. The molecule has 0 bridgehead atoms. The van der Waals surface area contributed by atoms with Gasteiger partial charge in [-0.3, -0.25) is 4.79 Å². The van der Waals surface area contributed by atoms with Crippen LogP contribution in [0, 0.1) is 0 Å². The van der Waals surface area contributed by atoms with Gasteiger partial charge in [0.15, 0.2) is 0 Å². The molecule has 0 spiro atoms. The molecule has 2 atom stereocenters. The van der Waals surface area contributed by atoms with E-state index in [1.165, 1.54) is 11.3 Å². The zero-order chi connectivity index (χ0) is 15.0. The number of fused-ring (bicyclic) bond motifs is 1. The molecule has 0 radical (unpaired) electrons. The van der Waals surface area contributed by atoms with Crippen LogP contribution in [0.2, 0.25) is 0 Å². The highest BCUT2D eigenvalue weighted by atomic mass is 32.1. The van der Waals surface area contributed by atoms with E-state index in [-0.39, 0.29) is 18.1 Å². The average molecular weight is 305 g/mol. The molecule has 3 heterocycles. The molecule has 5 nitrogen and oxygen atoms in total. The fraction of sp³-hybridized carbons (Fsp3) is 0.467. The summed E-state index contributed by atoms with van der Waals surface area (Å²) in [5.74, 6) is -0.00231. The number of hydrogen-bond acceptors (Lipinski definition) is 5. The molecule has 6 heteroatoms. The summed E-state index contributed by atoms with van der Waals surface area (Å²) in [6, 6.07) is 3.86. The second-order valence-electron chi connectivity index (χ2n) is 5.36. The van der Waals surface area contributed by atoms with Crippen molar-refractivity contribution in [2.24, 2.45) is 0 Å². The van der Waals surface area contributed by atoms with Crippen LogP contribution in [0.4, 0.5) is 5.69 Å². The molecule has 2 aromatic rings. The molecule has 2 unspecified atom stereocenters. The molecule has 0 saturated carbocycles. The minimum atomic E-state index is -0.00231. The molecule has 1 saturated heterocycles. The maximum atomic E-state index is 12.9. The third-order valence-corrected chi connectivity index (χ3v) is 5.02. The maximum absolute atomic E-state index is 12.9. The Morgan fingerprint density at radius 3 is 3.14 bits per heavy atom. The number of pyridine rings is 1. The van der Waals surface area contributed by atoms with Crippen LogP contribution in [0.3, 0.4) is 0 Å². The Morgan fingerprint density at radius 2 is 2.43 bits per heavy atom. The van der Waals surface area contributed by atoms with Crippen LogP contribution in [-0.2, 0) is 4.74 Å². The number of carbonyl (C=O) groups is 1. The van der Waals surface area contributed by atoms with Gasteiger partial charge in [0.2, 0.25) is 0 Å². The fourth-order valence-electron chi connectivity index (χ4n) is 2.67. The van der Waals surface area contributed by atoms with Gasteiger partial charge in [0.25, 0.3) is 5.91 Å². The van der Waals surface area contributed by atoms with Crippen LogP contribution in [0.5, 0.6) is 0 Å². The first kappa shape index (κ1) is 14.3. The number of thiophene rings is 1. The summed E-state index contributed by atoms with van der Waals surface area (Å²) in [5, 5.41) is 0.861. The number of anilines is 1. The Bertz CT molecular complexity index is 670. The number of morpholine rings is 1. The molecule has 1 aliphatic rings. The maximum Gasteiger partial charge on any atom is 0.266 e. The predicted molar refractivity (Wildman–Crippen MR) is 84.6 cm³/mol. The summed E-state index contributed by atoms with van der Waals surface area (Å²) < 4.78 is 5.65. The van der Waals surface area contributed by atoms with Crippen LogP contribution < -0.4 is 5.73 Å². The van der Waals surface area contributed by atoms with Gasteiger partial charge in [-0.1, -0.05) is 6.92 Å². The third-order valence-electron chi connectivity index (χ3n) is 3.90. The van der Waals surface area contributed by atoms with E-state index in [9.17, 15) is 4.79 Å². The van der Waals surface area contributed by atoms with Crippen LogP contribution in [-0.4, -0.2) is 41.1 Å². The molecular formula is C15H19N3O2S. The summed E-state index contributed by atoms with van der Waals surface area (Å²) in [5.41, 5.74) is 6.70. The lowest BCUT2D eigenvalue weighted by atomic mass is 10.1. The average Bonchev–Trinajstić information content (AvgIpc) is 2.84. The smallest absolute Gasteiger partial charge is 0.266 e. The topological polar surface area (TPSA) is 68.5 Å². The molecule has 21 heavy (non-hydrogen) atoms. The van der Waals surface area contributed by atoms with Gasteiger partial charge >= 0.3 is 0 Å². The number of aromatic nitrogens is 1. The van der Waals surface area contributed by atoms with E-state index in [0.717, 1.165) is 16.6 Å². The highest BCUT2D eigenvalue weighted by Gasteiger charge is 2.32. The van der Waals surface area contributed by atoms with Crippen molar-refractivity contribution in [1.29, 1.82) is 0 Å². The van der Waals surface area contributed by atoms with Gasteiger partial charge < -0.3 is 15.4 Å². The largest absolute Gasteiger partial charge is 0.397 e. The lowest BCUT2D eigenvalue weighted by Gasteiger charge is -2.38. The van der Waals surface area contributed by atoms with E-state index in [2.05, 4.69) is 11.9 Å². The van der Waals surface area contributed by atoms with Crippen LogP contribution in [0.15, 0.2) is 18.3 Å². The van der Waals surface area contributed by atoms with Crippen molar-refractivity contribution in [3.63, 3.8) is 0 Å². The molecule has 0 aromatic carbocycles. The van der Waals surface area contributed by atoms with Crippen molar-refractivity contribution < 1.29 is 9.53 Å². The molecule has 112 valence electrons. The monoisotopic (exact) mass is 305 g/mol. The van der Waals surface area contributed by atoms with E-state index in [4.69, 9.17) is 10.5 Å². The van der Waals surface area contributed by atoms with Crippen molar-refractivity contribution in [2.75, 3.05) is 18.9 Å². The van der Waals surface area contributed by atoms with E-state index in [1.807, 2.05) is 24.0 Å². The number of nitrogens with two attached hydrogens (primary N) is 1. The van der Waals surface area contributed by atoms with E-state index < -0.39 is 0 Å². The van der Waals surface area contributed by atoms with Gasteiger partial charge in [-0.2, -0.15) is 0 Å². The van der Waals surface area contributed by atoms with Crippen LogP contribution in [0.1, 0.15) is 29.9 Å². The van der Waals surface area contributed by atoms with Gasteiger partial charge in [0, 0.05) is 18.1 Å². The van der Waals surface area contributed by atoms with E-state index >= 15 is 0 Å². The van der Waals surface area contributed by atoms with Crippen LogP contribution >= 0.6 is 11.3 Å². The van der Waals surface area contributed by atoms with Crippen molar-refractivity contribution in [1.82, 2.24) is 9.88 Å². The zero-order valence-corrected chi connectivity index (χ0v) is 13.0. The molecule has 0 aliphatic carbocycles. The summed E-state index contributed by atoms with van der Waals surface area (Å²) >= 11 is 1.37.